The molecule has 7 nitrogen and oxygen atoms in total. The summed E-state index contributed by atoms with van der Waals surface area (Å²) in [6, 6.07) is 10.6. The first-order valence-corrected chi connectivity index (χ1v) is 11.9. The topological polar surface area (TPSA) is 81.7 Å². The summed E-state index contributed by atoms with van der Waals surface area (Å²) in [4.78, 5) is 24.7. The molecular weight excluding hydrogens is 400 g/mol. The quantitative estimate of drug-likeness (QED) is 0.659. The minimum Gasteiger partial charge on any atom is -0.368 e. The van der Waals surface area contributed by atoms with Gasteiger partial charge in [0.25, 0.3) is 0 Å². The SMILES string of the molecule is O=C(Nc1ccc2c(c1)CCC2)N1CC[C@]2(C1)Nc1cccnc1NC2=NC1CCCC1. The van der Waals surface area contributed by atoms with Crippen LogP contribution in [-0.2, 0) is 12.8 Å². The zero-order valence-corrected chi connectivity index (χ0v) is 18.4. The summed E-state index contributed by atoms with van der Waals surface area (Å²) >= 11 is 0. The average Bonchev–Trinajstić information content (AvgIpc) is 3.55. The van der Waals surface area contributed by atoms with Crippen LogP contribution in [-0.4, -0.2) is 46.4 Å². The van der Waals surface area contributed by atoms with Crippen molar-refractivity contribution in [2.24, 2.45) is 4.99 Å². The van der Waals surface area contributed by atoms with Gasteiger partial charge in [-0.15, -0.1) is 0 Å². The Hall–Kier alpha value is -3.09. The molecule has 1 atom stereocenters. The van der Waals surface area contributed by atoms with Crippen molar-refractivity contribution in [1.29, 1.82) is 0 Å². The maximum atomic E-state index is 13.2. The predicted octanol–water partition coefficient (Wildman–Crippen LogP) is 4.43. The van der Waals surface area contributed by atoms with Gasteiger partial charge in [0.1, 0.15) is 11.4 Å². The molecule has 0 unspecified atom stereocenters. The van der Waals surface area contributed by atoms with Crippen LogP contribution < -0.4 is 16.0 Å². The van der Waals surface area contributed by atoms with Crippen LogP contribution in [0.5, 0.6) is 0 Å². The van der Waals surface area contributed by atoms with E-state index in [4.69, 9.17) is 4.99 Å². The van der Waals surface area contributed by atoms with Gasteiger partial charge in [-0.3, -0.25) is 4.99 Å². The molecule has 1 aromatic carbocycles. The van der Waals surface area contributed by atoms with Crippen molar-refractivity contribution in [1.82, 2.24) is 9.88 Å². The second kappa shape index (κ2) is 7.80. The normalized spacial score (nSPS) is 25.5. The Bertz CT molecular complexity index is 1080. The number of amidine groups is 1. The number of hydrogen-bond donors (Lipinski definition) is 3. The lowest BCUT2D eigenvalue weighted by molar-refractivity contribution is 0.221. The van der Waals surface area contributed by atoms with E-state index in [-0.39, 0.29) is 6.03 Å². The molecule has 3 heterocycles. The van der Waals surface area contributed by atoms with Crippen LogP contribution in [0, 0.1) is 0 Å². The first-order chi connectivity index (χ1) is 15.7. The Morgan fingerprint density at radius 3 is 2.94 bits per heavy atom. The summed E-state index contributed by atoms with van der Waals surface area (Å²) in [7, 11) is 0. The number of benzene rings is 1. The van der Waals surface area contributed by atoms with Gasteiger partial charge in [0, 0.05) is 18.4 Å². The molecule has 2 aromatic rings. The van der Waals surface area contributed by atoms with Crippen LogP contribution in [0.3, 0.4) is 0 Å². The fraction of sp³-hybridized carbons (Fsp3) is 0.480. The van der Waals surface area contributed by atoms with Crippen LogP contribution in [0.1, 0.15) is 49.7 Å². The summed E-state index contributed by atoms with van der Waals surface area (Å²) in [5.74, 6) is 1.75. The minimum absolute atomic E-state index is 0.0428. The van der Waals surface area contributed by atoms with Crippen molar-refractivity contribution in [3.63, 3.8) is 0 Å². The molecular formula is C25H30N6O. The molecule has 1 spiro atoms. The number of aromatic nitrogens is 1. The molecule has 1 aromatic heterocycles. The van der Waals surface area contributed by atoms with Crippen LogP contribution >= 0.6 is 0 Å². The van der Waals surface area contributed by atoms with E-state index in [0.717, 1.165) is 55.1 Å². The standard InChI is InChI=1S/C25H30N6O/c32-24(28-20-11-10-17-5-3-6-18(17)15-20)31-14-12-25(16-31)23(27-19-7-1-2-8-19)29-22-21(30-25)9-4-13-26-22/h4,9-11,13,15,19,30H,1-3,5-8,12,14,16H2,(H,28,32)(H,26,27,29)/t25-/m1/s1. The van der Waals surface area contributed by atoms with E-state index < -0.39 is 5.54 Å². The number of aliphatic imine (C=N–C) groups is 1. The highest BCUT2D eigenvalue weighted by Gasteiger charge is 2.47. The highest BCUT2D eigenvalue weighted by Crippen LogP contribution is 2.36. The van der Waals surface area contributed by atoms with E-state index in [1.54, 1.807) is 6.20 Å². The molecule has 0 bridgehead atoms. The van der Waals surface area contributed by atoms with E-state index in [2.05, 4.69) is 33.1 Å². The molecule has 4 aliphatic rings. The third-order valence-corrected chi connectivity index (χ3v) is 7.41. The van der Waals surface area contributed by atoms with Gasteiger partial charge in [0.2, 0.25) is 0 Å². The van der Waals surface area contributed by atoms with Gasteiger partial charge < -0.3 is 20.9 Å². The van der Waals surface area contributed by atoms with Gasteiger partial charge in [-0.1, -0.05) is 18.9 Å². The molecule has 1 saturated heterocycles. The predicted molar refractivity (Wildman–Crippen MR) is 128 cm³/mol. The largest absolute Gasteiger partial charge is 0.368 e. The lowest BCUT2D eigenvalue weighted by atomic mass is 9.93. The number of carbonyl (C=O) groups excluding carboxylic acids is 1. The number of anilines is 3. The lowest BCUT2D eigenvalue weighted by Crippen LogP contribution is -2.55. The number of nitrogens with one attached hydrogen (secondary N) is 3. The van der Waals surface area contributed by atoms with Gasteiger partial charge in [-0.25, -0.2) is 9.78 Å². The molecule has 166 valence electrons. The van der Waals surface area contributed by atoms with E-state index in [9.17, 15) is 4.79 Å². The number of nitrogens with zero attached hydrogens (tertiary/aromatic N) is 3. The maximum Gasteiger partial charge on any atom is 0.321 e. The fourth-order valence-corrected chi connectivity index (χ4v) is 5.66. The van der Waals surface area contributed by atoms with Crippen molar-refractivity contribution in [3.8, 4) is 0 Å². The molecule has 32 heavy (non-hydrogen) atoms. The monoisotopic (exact) mass is 430 g/mol. The number of rotatable bonds is 2. The summed E-state index contributed by atoms with van der Waals surface area (Å²) < 4.78 is 0. The Morgan fingerprint density at radius 2 is 2.03 bits per heavy atom. The van der Waals surface area contributed by atoms with E-state index in [1.807, 2.05) is 23.1 Å². The van der Waals surface area contributed by atoms with Gasteiger partial charge >= 0.3 is 6.03 Å². The second-order valence-electron chi connectivity index (χ2n) is 9.59. The van der Waals surface area contributed by atoms with Crippen molar-refractivity contribution < 1.29 is 4.79 Å². The van der Waals surface area contributed by atoms with Crippen LogP contribution in [0.15, 0.2) is 41.5 Å². The number of urea groups is 1. The van der Waals surface area contributed by atoms with Crippen molar-refractivity contribution in [2.75, 3.05) is 29.0 Å². The highest BCUT2D eigenvalue weighted by atomic mass is 16.2. The summed E-state index contributed by atoms with van der Waals surface area (Å²) in [5, 5.41) is 10.3. The molecule has 7 heteroatoms. The Kier molecular flexibility index (Phi) is 4.77. The maximum absolute atomic E-state index is 13.2. The first-order valence-electron chi connectivity index (χ1n) is 11.9. The number of aryl methyl sites for hydroxylation is 2. The lowest BCUT2D eigenvalue weighted by Gasteiger charge is -2.38. The Labute approximate surface area is 188 Å². The van der Waals surface area contributed by atoms with Crippen LogP contribution in [0.2, 0.25) is 0 Å². The molecule has 3 N–H and O–H groups in total. The molecule has 2 aliphatic carbocycles. The van der Waals surface area contributed by atoms with E-state index in [1.165, 1.54) is 30.4 Å². The zero-order chi connectivity index (χ0) is 21.5. The smallest absolute Gasteiger partial charge is 0.321 e. The number of amides is 2. The molecule has 1 saturated carbocycles. The fourth-order valence-electron chi connectivity index (χ4n) is 5.66. The molecule has 0 radical (unpaired) electrons. The number of carbonyl (C=O) groups is 1. The van der Waals surface area contributed by atoms with Crippen LogP contribution in [0.25, 0.3) is 0 Å². The number of fused-ring (bicyclic) bond motifs is 2. The highest BCUT2D eigenvalue weighted by molar-refractivity contribution is 6.09. The van der Waals surface area contributed by atoms with Crippen molar-refractivity contribution in [2.45, 2.75) is 62.9 Å². The van der Waals surface area contributed by atoms with Gasteiger partial charge in [-0.05, 0) is 73.9 Å². The van der Waals surface area contributed by atoms with Crippen molar-refractivity contribution >= 4 is 29.1 Å². The molecule has 6 rings (SSSR count). The van der Waals surface area contributed by atoms with Gasteiger partial charge in [-0.2, -0.15) is 0 Å². The third-order valence-electron chi connectivity index (χ3n) is 7.41. The Balaban J connectivity index is 1.23. The summed E-state index contributed by atoms with van der Waals surface area (Å²) in [6.45, 7) is 1.27. The van der Waals surface area contributed by atoms with Gasteiger partial charge in [0.15, 0.2) is 5.82 Å². The summed E-state index contributed by atoms with van der Waals surface area (Å²) in [6.07, 6.45) is 10.8. The molecule has 2 aliphatic heterocycles. The summed E-state index contributed by atoms with van der Waals surface area (Å²) in [5.41, 5.74) is 4.25. The second-order valence-corrected chi connectivity index (χ2v) is 9.59. The van der Waals surface area contributed by atoms with Crippen LogP contribution in [0.4, 0.5) is 22.0 Å². The third kappa shape index (κ3) is 3.49. The number of hydrogen-bond acceptors (Lipinski definition) is 4. The van der Waals surface area contributed by atoms with Crippen molar-refractivity contribution in [3.05, 3.63) is 47.7 Å². The minimum atomic E-state index is -0.395. The van der Waals surface area contributed by atoms with E-state index in [0.29, 0.717) is 19.1 Å². The molecule has 2 amide bonds. The zero-order valence-electron chi connectivity index (χ0n) is 18.4. The van der Waals surface area contributed by atoms with Gasteiger partial charge in [0.05, 0.1) is 18.3 Å². The first kappa shape index (κ1) is 19.6. The Morgan fingerprint density at radius 1 is 1.16 bits per heavy atom. The number of pyridine rings is 1. The molecule has 2 fully saturated rings. The van der Waals surface area contributed by atoms with E-state index >= 15 is 0 Å². The average molecular weight is 431 g/mol. The number of likely N-dealkylation sites (tertiary alicyclic amines) is 1.